The van der Waals surface area contributed by atoms with Gasteiger partial charge >= 0.3 is 0 Å². The third kappa shape index (κ3) is 4.59. The van der Waals surface area contributed by atoms with Gasteiger partial charge < -0.3 is 0 Å². The van der Waals surface area contributed by atoms with Crippen molar-refractivity contribution in [1.29, 1.82) is 0 Å². The highest BCUT2D eigenvalue weighted by atomic mass is 32.2. The fraction of sp³-hybridized carbons (Fsp3) is 0.136. The van der Waals surface area contributed by atoms with Crippen molar-refractivity contribution in [2.75, 3.05) is 0 Å². The summed E-state index contributed by atoms with van der Waals surface area (Å²) in [6.07, 6.45) is 0.519. The molecule has 0 amide bonds. The smallest absolute Gasteiger partial charge is 0.164 e. The zero-order valence-corrected chi connectivity index (χ0v) is 14.3. The number of thioether (sulfide) groups is 1. The van der Waals surface area contributed by atoms with Gasteiger partial charge in [0.05, 0.1) is 0 Å². The van der Waals surface area contributed by atoms with Crippen LogP contribution in [0.1, 0.15) is 33.2 Å². The summed E-state index contributed by atoms with van der Waals surface area (Å²) in [5.41, 5.74) is 3.29. The molecule has 0 saturated carbocycles. The van der Waals surface area contributed by atoms with E-state index in [2.05, 4.69) is 36.4 Å². The summed E-state index contributed by atoms with van der Waals surface area (Å²) in [6, 6.07) is 30.3. The molecule has 3 aromatic carbocycles. The minimum atomic E-state index is 0.166. The first-order valence-corrected chi connectivity index (χ1v) is 9.16. The topological polar surface area (TPSA) is 17.1 Å². The van der Waals surface area contributed by atoms with Gasteiger partial charge in [0.15, 0.2) is 5.78 Å². The van der Waals surface area contributed by atoms with Crippen molar-refractivity contribution in [1.82, 2.24) is 0 Å². The van der Waals surface area contributed by atoms with Crippen molar-refractivity contribution in [3.8, 4) is 0 Å². The Bertz CT molecular complexity index is 754. The van der Waals surface area contributed by atoms with Crippen molar-refractivity contribution in [3.63, 3.8) is 0 Å². The Kier molecular flexibility index (Phi) is 5.86. The van der Waals surface area contributed by atoms with E-state index in [1.807, 2.05) is 66.4 Å². The predicted octanol–water partition coefficient (Wildman–Crippen LogP) is 5.93. The average Bonchev–Trinajstić information content (AvgIpc) is 2.67. The van der Waals surface area contributed by atoms with E-state index < -0.39 is 0 Å². The van der Waals surface area contributed by atoms with Gasteiger partial charge in [-0.3, -0.25) is 4.79 Å². The number of carbonyl (C=O) groups is 1. The molecule has 3 rings (SSSR count). The van der Waals surface area contributed by atoms with Gasteiger partial charge in [0, 0.05) is 23.0 Å². The Balaban J connectivity index is 1.74. The molecule has 0 heterocycles. The Hall–Kier alpha value is -2.32. The number of carbonyl (C=O) groups excluding carboxylic acids is 1. The third-order valence-corrected chi connectivity index (χ3v) is 5.27. The van der Waals surface area contributed by atoms with Crippen molar-refractivity contribution in [2.24, 2.45) is 0 Å². The first kappa shape index (κ1) is 16.5. The van der Waals surface area contributed by atoms with Gasteiger partial charge in [-0.2, -0.15) is 0 Å². The van der Waals surface area contributed by atoms with Crippen LogP contribution >= 0.6 is 11.8 Å². The van der Waals surface area contributed by atoms with Gasteiger partial charge in [-0.1, -0.05) is 91.0 Å². The summed E-state index contributed by atoms with van der Waals surface area (Å²) >= 11 is 1.83. The molecule has 1 unspecified atom stereocenters. The number of Topliss-reactive ketones (excluding diaryl/α,β-unsaturated/α-hetero) is 1. The first-order chi connectivity index (χ1) is 11.8. The molecule has 0 aliphatic heterocycles. The summed E-state index contributed by atoms with van der Waals surface area (Å²) in [4.78, 5) is 12.6. The number of benzene rings is 3. The Labute approximate surface area is 147 Å². The fourth-order valence-electron chi connectivity index (χ4n) is 2.62. The molecule has 1 atom stereocenters. The van der Waals surface area contributed by atoms with Crippen LogP contribution in [0.25, 0.3) is 0 Å². The second kappa shape index (κ2) is 8.51. The van der Waals surface area contributed by atoms with Crippen molar-refractivity contribution in [3.05, 3.63) is 108 Å². The molecule has 0 aliphatic rings. The van der Waals surface area contributed by atoms with Crippen LogP contribution in [-0.2, 0) is 5.75 Å². The van der Waals surface area contributed by atoms with E-state index in [9.17, 15) is 4.79 Å². The molecule has 3 aromatic rings. The predicted molar refractivity (Wildman–Crippen MR) is 102 cm³/mol. The zero-order chi connectivity index (χ0) is 16.6. The molecule has 0 fully saturated rings. The van der Waals surface area contributed by atoms with Crippen LogP contribution < -0.4 is 0 Å². The van der Waals surface area contributed by atoms with Gasteiger partial charge in [-0.15, -0.1) is 11.8 Å². The number of ketones is 1. The van der Waals surface area contributed by atoms with Gasteiger partial charge in [0.1, 0.15) is 0 Å². The van der Waals surface area contributed by atoms with E-state index in [4.69, 9.17) is 0 Å². The second-order valence-corrected chi connectivity index (χ2v) is 6.88. The van der Waals surface area contributed by atoms with Crippen LogP contribution in [0.4, 0.5) is 0 Å². The molecule has 0 spiro atoms. The van der Waals surface area contributed by atoms with E-state index in [-0.39, 0.29) is 11.0 Å². The second-order valence-electron chi connectivity index (χ2n) is 5.69. The maximum atomic E-state index is 12.6. The fourth-order valence-corrected chi connectivity index (χ4v) is 3.83. The molecule has 120 valence electrons. The Morgan fingerprint density at radius 3 is 1.92 bits per heavy atom. The largest absolute Gasteiger partial charge is 0.294 e. The lowest BCUT2D eigenvalue weighted by Gasteiger charge is -2.17. The van der Waals surface area contributed by atoms with Crippen LogP contribution in [0.2, 0.25) is 0 Å². The molecule has 1 nitrogen and oxygen atoms in total. The summed E-state index contributed by atoms with van der Waals surface area (Å²) in [6.45, 7) is 0. The molecule has 24 heavy (non-hydrogen) atoms. The standard InChI is InChI=1S/C22H20OS/c23-21(19-12-6-2-7-13-19)16-22(20-14-8-3-9-15-20)24-17-18-10-4-1-5-11-18/h1-15,22H,16-17H2. The maximum absolute atomic E-state index is 12.6. The van der Waals surface area contributed by atoms with E-state index >= 15 is 0 Å². The summed E-state index contributed by atoms with van der Waals surface area (Å²) in [5, 5.41) is 0.166. The van der Waals surface area contributed by atoms with Crippen molar-refractivity contribution >= 4 is 17.5 Å². The Morgan fingerprint density at radius 1 is 0.750 bits per heavy atom. The van der Waals surface area contributed by atoms with Gasteiger partial charge in [0.25, 0.3) is 0 Å². The van der Waals surface area contributed by atoms with E-state index in [0.29, 0.717) is 6.42 Å². The molecule has 2 heteroatoms. The quantitative estimate of drug-likeness (QED) is 0.498. The van der Waals surface area contributed by atoms with Crippen molar-refractivity contribution in [2.45, 2.75) is 17.4 Å². The Morgan fingerprint density at radius 2 is 1.29 bits per heavy atom. The molecule has 0 N–H and O–H groups in total. The van der Waals surface area contributed by atoms with Crippen LogP contribution in [0.5, 0.6) is 0 Å². The molecule has 0 radical (unpaired) electrons. The average molecular weight is 332 g/mol. The summed E-state index contributed by atoms with van der Waals surface area (Å²) < 4.78 is 0. The molecule has 0 bridgehead atoms. The lowest BCUT2D eigenvalue weighted by Crippen LogP contribution is -2.05. The molecule has 0 aliphatic carbocycles. The normalized spacial score (nSPS) is 11.8. The number of hydrogen-bond donors (Lipinski definition) is 0. The van der Waals surface area contributed by atoms with E-state index in [1.165, 1.54) is 11.1 Å². The van der Waals surface area contributed by atoms with Crippen molar-refractivity contribution < 1.29 is 4.79 Å². The SMILES string of the molecule is O=C(CC(SCc1ccccc1)c1ccccc1)c1ccccc1. The minimum absolute atomic E-state index is 0.166. The van der Waals surface area contributed by atoms with Gasteiger partial charge in [-0.25, -0.2) is 0 Å². The molecule has 0 saturated heterocycles. The monoisotopic (exact) mass is 332 g/mol. The summed E-state index contributed by atoms with van der Waals surface area (Å²) in [5.74, 6) is 1.10. The van der Waals surface area contributed by atoms with E-state index in [1.54, 1.807) is 0 Å². The summed E-state index contributed by atoms with van der Waals surface area (Å²) in [7, 11) is 0. The highest BCUT2D eigenvalue weighted by molar-refractivity contribution is 7.98. The first-order valence-electron chi connectivity index (χ1n) is 8.11. The minimum Gasteiger partial charge on any atom is -0.294 e. The molecular weight excluding hydrogens is 312 g/mol. The third-order valence-electron chi connectivity index (χ3n) is 3.93. The zero-order valence-electron chi connectivity index (χ0n) is 13.5. The lowest BCUT2D eigenvalue weighted by molar-refractivity contribution is 0.0982. The molecule has 0 aromatic heterocycles. The number of rotatable bonds is 7. The van der Waals surface area contributed by atoms with Crippen LogP contribution in [-0.4, -0.2) is 5.78 Å². The molecular formula is C22H20OS. The van der Waals surface area contributed by atoms with Gasteiger partial charge in [-0.05, 0) is 11.1 Å². The number of hydrogen-bond acceptors (Lipinski definition) is 2. The highest BCUT2D eigenvalue weighted by Gasteiger charge is 2.17. The van der Waals surface area contributed by atoms with Crippen LogP contribution in [0.15, 0.2) is 91.0 Å². The van der Waals surface area contributed by atoms with Crippen LogP contribution in [0, 0.1) is 0 Å². The van der Waals surface area contributed by atoms with Gasteiger partial charge in [0.2, 0.25) is 0 Å². The lowest BCUT2D eigenvalue weighted by atomic mass is 10.0. The maximum Gasteiger partial charge on any atom is 0.164 e. The highest BCUT2D eigenvalue weighted by Crippen LogP contribution is 2.35. The van der Waals surface area contributed by atoms with E-state index in [0.717, 1.165) is 11.3 Å². The van der Waals surface area contributed by atoms with Crippen LogP contribution in [0.3, 0.4) is 0 Å².